The average Bonchev–Trinajstić information content (AvgIpc) is 2.43. The van der Waals surface area contributed by atoms with Crippen LogP contribution in [0.5, 0.6) is 11.5 Å². The van der Waals surface area contributed by atoms with Gasteiger partial charge in [-0.2, -0.15) is 0 Å². The van der Waals surface area contributed by atoms with Crippen molar-refractivity contribution < 1.29 is 19.0 Å². The topological polar surface area (TPSA) is 48.0 Å². The normalized spacial score (nSPS) is 17.1. The summed E-state index contributed by atoms with van der Waals surface area (Å²) in [4.78, 5) is 13.2. The molecule has 0 spiro atoms. The molecule has 1 aromatic carbocycles. The lowest BCUT2D eigenvalue weighted by Gasteiger charge is -2.29. The SMILES string of the molecule is COC(=O)N1CCc2cc3c(cc2C1)OCCO3. The molecule has 0 saturated heterocycles. The van der Waals surface area contributed by atoms with Crippen LogP contribution in [0.2, 0.25) is 0 Å². The van der Waals surface area contributed by atoms with Crippen LogP contribution in [-0.4, -0.2) is 37.9 Å². The Labute approximate surface area is 105 Å². The van der Waals surface area contributed by atoms with Crippen molar-refractivity contribution >= 4 is 6.09 Å². The third-order valence-electron chi connectivity index (χ3n) is 3.31. The predicted molar refractivity (Wildman–Crippen MR) is 64.0 cm³/mol. The Hall–Kier alpha value is -1.91. The molecular formula is C13H15NO4. The van der Waals surface area contributed by atoms with Crippen LogP contribution in [0.1, 0.15) is 11.1 Å². The first kappa shape index (κ1) is 11.2. The maximum atomic E-state index is 11.5. The minimum atomic E-state index is -0.282. The Bertz CT molecular complexity index is 486. The largest absolute Gasteiger partial charge is 0.486 e. The number of carbonyl (C=O) groups excluding carboxylic acids is 1. The Kier molecular flexibility index (Phi) is 2.74. The van der Waals surface area contributed by atoms with Gasteiger partial charge in [0.25, 0.3) is 0 Å². The van der Waals surface area contributed by atoms with E-state index < -0.39 is 0 Å². The van der Waals surface area contributed by atoms with Crippen molar-refractivity contribution in [2.24, 2.45) is 0 Å². The molecule has 0 N–H and O–H groups in total. The lowest BCUT2D eigenvalue weighted by molar-refractivity contribution is 0.118. The molecule has 0 fully saturated rings. The van der Waals surface area contributed by atoms with Gasteiger partial charge < -0.3 is 19.1 Å². The number of methoxy groups -OCH3 is 1. The van der Waals surface area contributed by atoms with E-state index in [1.165, 1.54) is 12.7 Å². The molecule has 5 nitrogen and oxygen atoms in total. The summed E-state index contributed by atoms with van der Waals surface area (Å²) < 4.78 is 15.9. The van der Waals surface area contributed by atoms with Gasteiger partial charge >= 0.3 is 6.09 Å². The van der Waals surface area contributed by atoms with Crippen LogP contribution in [0.4, 0.5) is 4.79 Å². The summed E-state index contributed by atoms with van der Waals surface area (Å²) in [6.45, 7) is 2.42. The lowest BCUT2D eigenvalue weighted by Crippen LogP contribution is -2.36. The van der Waals surface area contributed by atoms with Crippen LogP contribution in [0, 0.1) is 0 Å². The first-order chi connectivity index (χ1) is 8.78. The molecule has 2 aliphatic rings. The highest BCUT2D eigenvalue weighted by Crippen LogP contribution is 2.35. The number of hydrogen-bond donors (Lipinski definition) is 0. The summed E-state index contributed by atoms with van der Waals surface area (Å²) in [5.74, 6) is 1.58. The van der Waals surface area contributed by atoms with Crippen LogP contribution in [0.25, 0.3) is 0 Å². The number of carbonyl (C=O) groups is 1. The van der Waals surface area contributed by atoms with Gasteiger partial charge in [-0.1, -0.05) is 0 Å². The van der Waals surface area contributed by atoms with Gasteiger partial charge in [0.15, 0.2) is 11.5 Å². The predicted octanol–water partition coefficient (Wildman–Crippen LogP) is 1.58. The fourth-order valence-electron chi connectivity index (χ4n) is 2.38. The van der Waals surface area contributed by atoms with Crippen molar-refractivity contribution in [3.05, 3.63) is 23.3 Å². The first-order valence-electron chi connectivity index (χ1n) is 6.02. The average molecular weight is 249 g/mol. The van der Waals surface area contributed by atoms with Gasteiger partial charge in [-0.3, -0.25) is 0 Å². The molecule has 0 bridgehead atoms. The molecule has 0 radical (unpaired) electrons. The smallest absolute Gasteiger partial charge is 0.409 e. The van der Waals surface area contributed by atoms with Crippen molar-refractivity contribution in [2.45, 2.75) is 13.0 Å². The number of rotatable bonds is 0. The van der Waals surface area contributed by atoms with E-state index in [-0.39, 0.29) is 6.09 Å². The van der Waals surface area contributed by atoms with Crippen molar-refractivity contribution in [1.82, 2.24) is 4.90 Å². The van der Waals surface area contributed by atoms with Crippen molar-refractivity contribution in [3.8, 4) is 11.5 Å². The van der Waals surface area contributed by atoms with E-state index in [9.17, 15) is 4.79 Å². The molecule has 1 amide bonds. The summed E-state index contributed by atoms with van der Waals surface area (Å²) in [5, 5.41) is 0. The minimum Gasteiger partial charge on any atom is -0.486 e. The van der Waals surface area contributed by atoms with Crippen molar-refractivity contribution in [1.29, 1.82) is 0 Å². The zero-order valence-electron chi connectivity index (χ0n) is 10.3. The Morgan fingerprint density at radius 1 is 1.22 bits per heavy atom. The zero-order chi connectivity index (χ0) is 12.5. The quantitative estimate of drug-likeness (QED) is 0.700. The van der Waals surface area contributed by atoms with Crippen LogP contribution in [0.15, 0.2) is 12.1 Å². The number of benzene rings is 1. The molecule has 0 aromatic heterocycles. The summed E-state index contributed by atoms with van der Waals surface area (Å²) in [6.07, 6.45) is 0.539. The van der Waals surface area contributed by atoms with Crippen LogP contribution in [0.3, 0.4) is 0 Å². The van der Waals surface area contributed by atoms with Gasteiger partial charge in [0.05, 0.1) is 7.11 Å². The monoisotopic (exact) mass is 249 g/mol. The van der Waals surface area contributed by atoms with Crippen molar-refractivity contribution in [2.75, 3.05) is 26.9 Å². The maximum absolute atomic E-state index is 11.5. The number of nitrogens with zero attached hydrogens (tertiary/aromatic N) is 1. The Morgan fingerprint density at radius 3 is 2.56 bits per heavy atom. The molecule has 0 aliphatic carbocycles. The van der Waals surface area contributed by atoms with E-state index in [0.29, 0.717) is 26.3 Å². The van der Waals surface area contributed by atoms with Gasteiger partial charge in [0, 0.05) is 13.1 Å². The molecule has 1 aromatic rings. The minimum absolute atomic E-state index is 0.282. The molecule has 0 unspecified atom stereocenters. The molecule has 96 valence electrons. The highest BCUT2D eigenvalue weighted by Gasteiger charge is 2.24. The summed E-state index contributed by atoms with van der Waals surface area (Å²) in [5.41, 5.74) is 2.33. The van der Waals surface area contributed by atoms with E-state index >= 15 is 0 Å². The number of hydrogen-bond acceptors (Lipinski definition) is 4. The summed E-state index contributed by atoms with van der Waals surface area (Å²) in [6, 6.07) is 4.00. The molecule has 0 atom stereocenters. The van der Waals surface area contributed by atoms with Crippen LogP contribution < -0.4 is 9.47 Å². The Balaban J connectivity index is 1.89. The van der Waals surface area contributed by atoms with E-state index in [1.807, 2.05) is 12.1 Å². The van der Waals surface area contributed by atoms with Gasteiger partial charge in [0.1, 0.15) is 13.2 Å². The van der Waals surface area contributed by atoms with E-state index in [1.54, 1.807) is 4.90 Å². The second kappa shape index (κ2) is 4.40. The number of fused-ring (bicyclic) bond motifs is 2. The summed E-state index contributed by atoms with van der Waals surface area (Å²) in [7, 11) is 1.40. The van der Waals surface area contributed by atoms with Crippen molar-refractivity contribution in [3.63, 3.8) is 0 Å². The lowest BCUT2D eigenvalue weighted by atomic mass is 9.99. The Morgan fingerprint density at radius 2 is 1.89 bits per heavy atom. The number of ether oxygens (including phenoxy) is 3. The van der Waals surface area contributed by atoms with E-state index in [0.717, 1.165) is 23.5 Å². The van der Waals surface area contributed by atoms with Gasteiger partial charge in [0.2, 0.25) is 0 Å². The molecule has 3 rings (SSSR count). The fraction of sp³-hybridized carbons (Fsp3) is 0.462. The second-order valence-corrected chi connectivity index (χ2v) is 4.41. The zero-order valence-corrected chi connectivity index (χ0v) is 10.3. The molecule has 0 saturated carbocycles. The van der Waals surface area contributed by atoms with Gasteiger partial charge in [-0.15, -0.1) is 0 Å². The molecule has 18 heavy (non-hydrogen) atoms. The summed E-state index contributed by atoms with van der Waals surface area (Å²) >= 11 is 0. The number of amides is 1. The van der Waals surface area contributed by atoms with Gasteiger partial charge in [-0.25, -0.2) is 4.79 Å². The fourth-order valence-corrected chi connectivity index (χ4v) is 2.38. The molecule has 5 heteroatoms. The van der Waals surface area contributed by atoms with Gasteiger partial charge in [-0.05, 0) is 29.7 Å². The highest BCUT2D eigenvalue weighted by atomic mass is 16.6. The molecule has 2 heterocycles. The third kappa shape index (κ3) is 1.85. The maximum Gasteiger partial charge on any atom is 0.409 e. The molecule has 2 aliphatic heterocycles. The van der Waals surface area contributed by atoms with E-state index in [4.69, 9.17) is 14.2 Å². The standard InChI is InChI=1S/C13H15NO4/c1-16-13(15)14-3-2-9-6-11-12(7-10(9)8-14)18-5-4-17-11/h6-7H,2-5,8H2,1H3. The highest BCUT2D eigenvalue weighted by molar-refractivity contribution is 5.68. The molecular weight excluding hydrogens is 234 g/mol. The third-order valence-corrected chi connectivity index (χ3v) is 3.31. The van der Waals surface area contributed by atoms with E-state index in [2.05, 4.69) is 0 Å². The second-order valence-electron chi connectivity index (χ2n) is 4.41. The van der Waals surface area contributed by atoms with Crippen LogP contribution >= 0.6 is 0 Å². The first-order valence-corrected chi connectivity index (χ1v) is 6.02. The van der Waals surface area contributed by atoms with Crippen LogP contribution in [-0.2, 0) is 17.7 Å².